The third-order valence-corrected chi connectivity index (χ3v) is 6.50. The Morgan fingerprint density at radius 3 is 2.18 bits per heavy atom. The van der Waals surface area contributed by atoms with E-state index in [0.29, 0.717) is 24.4 Å². The first-order valence-corrected chi connectivity index (χ1v) is 10.4. The smallest absolute Gasteiger partial charge is 0.260 e. The van der Waals surface area contributed by atoms with E-state index in [9.17, 15) is 18.0 Å². The van der Waals surface area contributed by atoms with Crippen LogP contribution in [-0.2, 0) is 14.8 Å². The van der Waals surface area contributed by atoms with Gasteiger partial charge in [-0.25, -0.2) is 8.42 Å². The van der Waals surface area contributed by atoms with Crippen molar-refractivity contribution in [2.45, 2.75) is 11.8 Å². The Kier molecular flexibility index (Phi) is 6.11. The Bertz CT molecular complexity index is 952. The number of carbonyl (C=O) groups is 2. The summed E-state index contributed by atoms with van der Waals surface area (Å²) in [6, 6.07) is 15.0. The first-order chi connectivity index (χ1) is 13.4. The highest BCUT2D eigenvalue weighted by molar-refractivity contribution is 7.89. The molecule has 0 saturated carbocycles. The molecule has 1 heterocycles. The van der Waals surface area contributed by atoms with Gasteiger partial charge in [0.25, 0.3) is 5.91 Å². The average molecular weight is 402 g/mol. The van der Waals surface area contributed by atoms with Crippen LogP contribution in [0.1, 0.15) is 17.3 Å². The van der Waals surface area contributed by atoms with Gasteiger partial charge in [0.05, 0.1) is 10.5 Å². The molecule has 2 aromatic rings. The quantitative estimate of drug-likeness (QED) is 0.688. The highest BCUT2D eigenvalue weighted by Gasteiger charge is 2.30. The Labute approximate surface area is 164 Å². The van der Waals surface area contributed by atoms with E-state index in [4.69, 9.17) is 4.74 Å². The third kappa shape index (κ3) is 4.40. The molecule has 8 heteroatoms. The molecule has 0 radical (unpaired) electrons. The second-order valence-electron chi connectivity index (χ2n) is 6.44. The van der Waals surface area contributed by atoms with E-state index >= 15 is 0 Å². The fourth-order valence-electron chi connectivity index (χ4n) is 3.03. The first kappa shape index (κ1) is 20.0. The standard InChI is InChI=1S/C20H22N2O5S/c1-16(23)18-9-5-6-10-19(18)27-15-20(24)21-11-13-22(14-12-21)28(25,26)17-7-3-2-4-8-17/h2-10H,11-15H2,1H3. The molecule has 1 aliphatic heterocycles. The lowest BCUT2D eigenvalue weighted by Crippen LogP contribution is -2.51. The summed E-state index contributed by atoms with van der Waals surface area (Å²) in [6.45, 7) is 2.29. The Hall–Kier alpha value is -2.71. The van der Waals surface area contributed by atoms with Crippen molar-refractivity contribution in [1.82, 2.24) is 9.21 Å². The van der Waals surface area contributed by atoms with Gasteiger partial charge in [-0.05, 0) is 31.2 Å². The minimum Gasteiger partial charge on any atom is -0.483 e. The van der Waals surface area contributed by atoms with Crippen LogP contribution in [0.4, 0.5) is 0 Å². The van der Waals surface area contributed by atoms with Gasteiger partial charge in [-0.15, -0.1) is 0 Å². The number of sulfonamides is 1. The van der Waals surface area contributed by atoms with Crippen LogP contribution >= 0.6 is 0 Å². The summed E-state index contributed by atoms with van der Waals surface area (Å²) < 4.78 is 32.2. The number of para-hydroxylation sites is 1. The summed E-state index contributed by atoms with van der Waals surface area (Å²) in [5, 5.41) is 0. The zero-order valence-electron chi connectivity index (χ0n) is 15.6. The molecule has 0 N–H and O–H groups in total. The monoisotopic (exact) mass is 402 g/mol. The van der Waals surface area contributed by atoms with Crippen LogP contribution in [0.25, 0.3) is 0 Å². The summed E-state index contributed by atoms with van der Waals surface area (Å²) in [4.78, 5) is 25.9. The Balaban J connectivity index is 1.57. The maximum Gasteiger partial charge on any atom is 0.260 e. The number of ether oxygens (including phenoxy) is 1. The van der Waals surface area contributed by atoms with Crippen LogP contribution < -0.4 is 4.74 Å². The number of rotatable bonds is 6. The number of Topliss-reactive ketones (excluding diaryl/α,β-unsaturated/α-hetero) is 1. The molecule has 0 bridgehead atoms. The zero-order chi connectivity index (χ0) is 20.1. The van der Waals surface area contributed by atoms with Crippen LogP contribution in [0.2, 0.25) is 0 Å². The molecule has 0 atom stereocenters. The van der Waals surface area contributed by atoms with Crippen molar-refractivity contribution in [3.8, 4) is 5.75 Å². The fourth-order valence-corrected chi connectivity index (χ4v) is 4.48. The zero-order valence-corrected chi connectivity index (χ0v) is 16.4. The number of piperazine rings is 1. The van der Waals surface area contributed by atoms with E-state index in [1.54, 1.807) is 59.5 Å². The molecule has 0 unspecified atom stereocenters. The minimum absolute atomic E-state index is 0.136. The van der Waals surface area contributed by atoms with E-state index in [1.165, 1.54) is 11.2 Å². The van der Waals surface area contributed by atoms with Gasteiger partial charge in [0.1, 0.15) is 5.75 Å². The van der Waals surface area contributed by atoms with Gasteiger partial charge in [0.2, 0.25) is 10.0 Å². The SMILES string of the molecule is CC(=O)c1ccccc1OCC(=O)N1CCN(S(=O)(=O)c2ccccc2)CC1. The van der Waals surface area contributed by atoms with E-state index in [2.05, 4.69) is 0 Å². The van der Waals surface area contributed by atoms with Crippen LogP contribution in [0.15, 0.2) is 59.5 Å². The molecule has 2 aromatic carbocycles. The topological polar surface area (TPSA) is 84.0 Å². The van der Waals surface area contributed by atoms with Gasteiger partial charge in [0, 0.05) is 26.2 Å². The summed E-state index contributed by atoms with van der Waals surface area (Å²) in [5.41, 5.74) is 0.425. The van der Waals surface area contributed by atoms with Crippen molar-refractivity contribution >= 4 is 21.7 Å². The molecule has 1 saturated heterocycles. The van der Waals surface area contributed by atoms with Gasteiger partial charge in [0.15, 0.2) is 12.4 Å². The lowest BCUT2D eigenvalue weighted by atomic mass is 10.1. The molecule has 0 aliphatic carbocycles. The van der Waals surface area contributed by atoms with Crippen molar-refractivity contribution in [3.05, 3.63) is 60.2 Å². The maximum absolute atomic E-state index is 12.6. The van der Waals surface area contributed by atoms with E-state index < -0.39 is 10.0 Å². The number of ketones is 1. The van der Waals surface area contributed by atoms with E-state index in [1.807, 2.05) is 0 Å². The normalized spacial score (nSPS) is 15.2. The Morgan fingerprint density at radius 1 is 0.929 bits per heavy atom. The number of benzene rings is 2. The Morgan fingerprint density at radius 2 is 1.54 bits per heavy atom. The van der Waals surface area contributed by atoms with Crippen molar-refractivity contribution in [3.63, 3.8) is 0 Å². The van der Waals surface area contributed by atoms with Gasteiger partial charge in [-0.1, -0.05) is 30.3 Å². The van der Waals surface area contributed by atoms with Gasteiger partial charge in [-0.2, -0.15) is 4.31 Å². The van der Waals surface area contributed by atoms with Gasteiger partial charge in [-0.3, -0.25) is 9.59 Å². The van der Waals surface area contributed by atoms with Crippen molar-refractivity contribution in [2.75, 3.05) is 32.8 Å². The van der Waals surface area contributed by atoms with Crippen LogP contribution in [0.3, 0.4) is 0 Å². The highest BCUT2D eigenvalue weighted by Crippen LogP contribution is 2.19. The first-order valence-electron chi connectivity index (χ1n) is 8.95. The molecule has 28 heavy (non-hydrogen) atoms. The molecule has 7 nitrogen and oxygen atoms in total. The molecule has 1 amide bonds. The van der Waals surface area contributed by atoms with Gasteiger partial charge < -0.3 is 9.64 Å². The van der Waals surface area contributed by atoms with Crippen LogP contribution in [0.5, 0.6) is 5.75 Å². The fraction of sp³-hybridized carbons (Fsp3) is 0.300. The molecule has 1 fully saturated rings. The molecule has 148 valence electrons. The van der Waals surface area contributed by atoms with Crippen LogP contribution in [0, 0.1) is 0 Å². The number of hydrogen-bond acceptors (Lipinski definition) is 5. The molecular formula is C20H22N2O5S. The second-order valence-corrected chi connectivity index (χ2v) is 8.38. The summed E-state index contributed by atoms with van der Waals surface area (Å²) >= 11 is 0. The predicted octanol–water partition coefficient (Wildman–Crippen LogP) is 1.80. The van der Waals surface area contributed by atoms with E-state index in [-0.39, 0.29) is 36.3 Å². The van der Waals surface area contributed by atoms with E-state index in [0.717, 1.165) is 0 Å². The summed E-state index contributed by atoms with van der Waals surface area (Å²) in [6.07, 6.45) is 0. The molecule has 1 aliphatic rings. The summed E-state index contributed by atoms with van der Waals surface area (Å²) in [5.74, 6) is -0.00784. The van der Waals surface area contributed by atoms with Crippen molar-refractivity contribution in [2.24, 2.45) is 0 Å². The second kappa shape index (κ2) is 8.53. The lowest BCUT2D eigenvalue weighted by Gasteiger charge is -2.34. The third-order valence-electron chi connectivity index (χ3n) is 4.59. The minimum atomic E-state index is -3.55. The number of amides is 1. The van der Waals surface area contributed by atoms with Crippen molar-refractivity contribution < 1.29 is 22.7 Å². The maximum atomic E-state index is 12.6. The molecule has 0 spiro atoms. The van der Waals surface area contributed by atoms with Gasteiger partial charge >= 0.3 is 0 Å². The summed E-state index contributed by atoms with van der Waals surface area (Å²) in [7, 11) is -3.55. The predicted molar refractivity (Wildman–Crippen MR) is 104 cm³/mol. The average Bonchev–Trinajstić information content (AvgIpc) is 2.73. The molecule has 0 aromatic heterocycles. The number of nitrogens with zero attached hydrogens (tertiary/aromatic N) is 2. The molecular weight excluding hydrogens is 380 g/mol. The van der Waals surface area contributed by atoms with Crippen LogP contribution in [-0.4, -0.2) is 62.1 Å². The van der Waals surface area contributed by atoms with Crippen molar-refractivity contribution in [1.29, 1.82) is 0 Å². The lowest BCUT2D eigenvalue weighted by molar-refractivity contribution is -0.134. The largest absolute Gasteiger partial charge is 0.483 e. The molecule has 3 rings (SSSR count). The number of hydrogen-bond donors (Lipinski definition) is 0. The number of carbonyl (C=O) groups excluding carboxylic acids is 2. The highest BCUT2D eigenvalue weighted by atomic mass is 32.2.